The van der Waals surface area contributed by atoms with Crippen LogP contribution in [0.2, 0.25) is 23.7 Å². The number of benzene rings is 2. The number of thiophene rings is 1. The van der Waals surface area contributed by atoms with Gasteiger partial charge in [0.1, 0.15) is 0 Å². The molecule has 0 radical (unpaired) electrons. The monoisotopic (exact) mass is 470 g/mol. The first-order valence-electron chi connectivity index (χ1n) is 11.5. The molecule has 2 heterocycles. The van der Waals surface area contributed by atoms with Gasteiger partial charge in [-0.05, 0) is 46.9 Å². The van der Waals surface area contributed by atoms with Gasteiger partial charge in [-0.2, -0.15) is 0 Å². The Morgan fingerprint density at radius 3 is 2.55 bits per heavy atom. The summed E-state index contributed by atoms with van der Waals surface area (Å²) in [6.07, 6.45) is 4.64. The van der Waals surface area contributed by atoms with Crippen LogP contribution in [0.15, 0.2) is 67.0 Å². The van der Waals surface area contributed by atoms with Gasteiger partial charge in [-0.1, -0.05) is 64.2 Å². The van der Waals surface area contributed by atoms with Gasteiger partial charge in [-0.15, -0.1) is 11.3 Å². The number of hydrogen-bond donors (Lipinski definition) is 1. The Balaban J connectivity index is 1.53. The summed E-state index contributed by atoms with van der Waals surface area (Å²) in [7, 11) is -1.78. The summed E-state index contributed by atoms with van der Waals surface area (Å²) in [6.45, 7) is 11.6. The van der Waals surface area contributed by atoms with Gasteiger partial charge in [-0.25, -0.2) is 0 Å². The summed E-state index contributed by atoms with van der Waals surface area (Å²) in [4.78, 5) is 18.9. The van der Waals surface area contributed by atoms with Crippen LogP contribution in [0.1, 0.15) is 36.7 Å². The van der Waals surface area contributed by atoms with Gasteiger partial charge >= 0.3 is 0 Å². The lowest BCUT2D eigenvalue weighted by molar-refractivity contribution is 0.0990. The number of nitrogens with zero attached hydrogens (tertiary/aromatic N) is 1. The molecule has 0 fully saturated rings. The fraction of sp³-hybridized carbons (Fsp3) is 0.286. The number of carbonyl (C=O) groups excluding carboxylic acids is 1. The van der Waals surface area contributed by atoms with Crippen molar-refractivity contribution in [3.8, 4) is 10.4 Å². The number of pyridine rings is 1. The Hall–Kier alpha value is -2.76. The average Bonchev–Trinajstić information content (AvgIpc) is 3.32. The van der Waals surface area contributed by atoms with Crippen molar-refractivity contribution < 1.29 is 4.79 Å². The van der Waals surface area contributed by atoms with Crippen molar-refractivity contribution in [3.63, 3.8) is 0 Å². The van der Waals surface area contributed by atoms with Crippen molar-refractivity contribution in [1.29, 1.82) is 0 Å². The smallest absolute Gasteiger partial charge is 0.163 e. The van der Waals surface area contributed by atoms with Crippen LogP contribution in [0.3, 0.4) is 0 Å². The molecule has 1 atom stereocenters. The average molecular weight is 471 g/mol. The molecule has 5 rings (SSSR count). The molecule has 4 aromatic rings. The number of fused-ring (bicyclic) bond motifs is 2. The van der Waals surface area contributed by atoms with Gasteiger partial charge in [-0.3, -0.25) is 9.78 Å². The first-order valence-corrected chi connectivity index (χ1v) is 15.4. The Labute approximate surface area is 200 Å². The molecule has 0 saturated heterocycles. The molecular formula is C28H30N2OSSi. The molecule has 0 aliphatic heterocycles. The van der Waals surface area contributed by atoms with E-state index in [1.807, 2.05) is 24.5 Å². The minimum absolute atomic E-state index is 0.149. The number of Topliss-reactive ketones (excluding diaryl/α,β-unsaturated/α-hetero) is 1. The van der Waals surface area contributed by atoms with Crippen LogP contribution in [-0.4, -0.2) is 18.8 Å². The summed E-state index contributed by atoms with van der Waals surface area (Å²) >= 11 is 1.76. The second-order valence-electron chi connectivity index (χ2n) is 10.6. The SMILES string of the molecule is CC(C)(C)[Si](C)(C)C1Cc2cc(Nc3c(-c4ccccc4)sc4cnccc34)ccc2C1=O. The van der Waals surface area contributed by atoms with Gasteiger partial charge in [0, 0.05) is 34.6 Å². The normalized spacial score (nSPS) is 16.3. The van der Waals surface area contributed by atoms with Gasteiger partial charge in [0.25, 0.3) is 0 Å². The lowest BCUT2D eigenvalue weighted by atomic mass is 10.1. The lowest BCUT2D eigenvalue weighted by Crippen LogP contribution is -2.44. The highest BCUT2D eigenvalue weighted by molar-refractivity contribution is 7.23. The van der Waals surface area contributed by atoms with Gasteiger partial charge in [0.2, 0.25) is 0 Å². The highest BCUT2D eigenvalue weighted by Gasteiger charge is 2.48. The minimum atomic E-state index is -1.78. The molecule has 0 spiro atoms. The largest absolute Gasteiger partial charge is 0.354 e. The van der Waals surface area contributed by atoms with E-state index < -0.39 is 8.07 Å². The van der Waals surface area contributed by atoms with Gasteiger partial charge in [0.05, 0.1) is 23.3 Å². The zero-order valence-corrected chi connectivity index (χ0v) is 21.7. The predicted octanol–water partition coefficient (Wildman–Crippen LogP) is 8.32. The van der Waals surface area contributed by atoms with Crippen LogP contribution in [0.4, 0.5) is 11.4 Å². The maximum atomic E-state index is 13.3. The standard InChI is InChI=1S/C28H30N2OSSi/c1-28(2,3)33(4,5)24-16-19-15-20(11-12-21(19)26(24)31)30-25-22-13-14-29-17-23(22)32-27(25)18-9-7-6-8-10-18/h6-15,17,24,30H,16H2,1-5H3. The molecular weight excluding hydrogens is 440 g/mol. The minimum Gasteiger partial charge on any atom is -0.354 e. The first kappa shape index (κ1) is 22.1. The molecule has 0 bridgehead atoms. The number of aromatic nitrogens is 1. The van der Waals surface area contributed by atoms with Crippen LogP contribution in [-0.2, 0) is 6.42 Å². The maximum absolute atomic E-state index is 13.3. The van der Waals surface area contributed by atoms with Crippen LogP contribution >= 0.6 is 11.3 Å². The van der Waals surface area contributed by atoms with E-state index in [2.05, 4.69) is 86.6 Å². The third kappa shape index (κ3) is 3.73. The molecule has 168 valence electrons. The van der Waals surface area contributed by atoms with Crippen LogP contribution in [0.25, 0.3) is 20.5 Å². The van der Waals surface area contributed by atoms with E-state index in [9.17, 15) is 4.79 Å². The van der Waals surface area contributed by atoms with Crippen LogP contribution < -0.4 is 5.32 Å². The number of ketones is 1. The molecule has 33 heavy (non-hydrogen) atoms. The van der Waals surface area contributed by atoms with Crippen LogP contribution in [0.5, 0.6) is 0 Å². The van der Waals surface area contributed by atoms with Gasteiger partial charge < -0.3 is 5.32 Å². The molecule has 5 heteroatoms. The van der Waals surface area contributed by atoms with E-state index in [4.69, 9.17) is 0 Å². The Morgan fingerprint density at radius 2 is 1.82 bits per heavy atom. The number of rotatable bonds is 4. The van der Waals surface area contributed by atoms with Crippen molar-refractivity contribution >= 4 is 46.7 Å². The number of nitrogens with one attached hydrogen (secondary N) is 1. The first-order chi connectivity index (χ1) is 15.7. The van der Waals surface area contributed by atoms with Crippen molar-refractivity contribution in [2.45, 2.75) is 50.9 Å². The second kappa shape index (κ2) is 7.92. The van der Waals surface area contributed by atoms with E-state index >= 15 is 0 Å². The maximum Gasteiger partial charge on any atom is 0.163 e. The number of hydrogen-bond acceptors (Lipinski definition) is 4. The molecule has 3 nitrogen and oxygen atoms in total. The second-order valence-corrected chi connectivity index (χ2v) is 17.3. The van der Waals surface area contributed by atoms with E-state index in [0.29, 0.717) is 5.78 Å². The molecule has 2 aromatic carbocycles. The van der Waals surface area contributed by atoms with Gasteiger partial charge in [0.15, 0.2) is 5.78 Å². The number of anilines is 2. The lowest BCUT2D eigenvalue weighted by Gasteiger charge is -2.41. The summed E-state index contributed by atoms with van der Waals surface area (Å²) in [5, 5.41) is 5.06. The summed E-state index contributed by atoms with van der Waals surface area (Å²) < 4.78 is 1.16. The number of carbonyl (C=O) groups is 1. The molecule has 1 aliphatic rings. The Morgan fingerprint density at radius 1 is 1.06 bits per heavy atom. The van der Waals surface area contributed by atoms with E-state index in [1.54, 1.807) is 11.3 Å². The molecule has 2 aromatic heterocycles. The quantitative estimate of drug-likeness (QED) is 0.305. The molecule has 1 unspecified atom stereocenters. The van der Waals surface area contributed by atoms with E-state index in [-0.39, 0.29) is 10.6 Å². The molecule has 1 N–H and O–H groups in total. The third-order valence-electron chi connectivity index (χ3n) is 7.71. The highest BCUT2D eigenvalue weighted by atomic mass is 32.1. The predicted molar refractivity (Wildman–Crippen MR) is 144 cm³/mol. The molecule has 0 saturated carbocycles. The zero-order chi connectivity index (χ0) is 23.4. The van der Waals surface area contributed by atoms with E-state index in [0.717, 1.165) is 28.1 Å². The van der Waals surface area contributed by atoms with Crippen molar-refractivity contribution in [2.24, 2.45) is 0 Å². The molecule has 0 amide bonds. The Bertz CT molecular complexity index is 1350. The Kier molecular flexibility index (Phi) is 5.30. The van der Waals surface area contributed by atoms with Crippen molar-refractivity contribution in [1.82, 2.24) is 4.98 Å². The summed E-state index contributed by atoms with van der Waals surface area (Å²) in [5.74, 6) is 0.347. The topological polar surface area (TPSA) is 42.0 Å². The highest BCUT2D eigenvalue weighted by Crippen LogP contribution is 2.50. The fourth-order valence-corrected chi connectivity index (χ4v) is 8.42. The molecule has 1 aliphatic carbocycles. The third-order valence-corrected chi connectivity index (χ3v) is 15.0. The van der Waals surface area contributed by atoms with E-state index in [1.165, 1.54) is 21.4 Å². The zero-order valence-electron chi connectivity index (χ0n) is 19.9. The van der Waals surface area contributed by atoms with Crippen molar-refractivity contribution in [3.05, 3.63) is 78.1 Å². The fourth-order valence-electron chi connectivity index (χ4n) is 4.70. The van der Waals surface area contributed by atoms with Crippen LogP contribution in [0, 0.1) is 0 Å². The summed E-state index contributed by atoms with van der Waals surface area (Å²) in [5.41, 5.74) is 5.58. The van der Waals surface area contributed by atoms with Crippen molar-refractivity contribution in [2.75, 3.05) is 5.32 Å². The summed E-state index contributed by atoms with van der Waals surface area (Å²) in [6, 6.07) is 18.8.